The van der Waals surface area contributed by atoms with E-state index in [0.29, 0.717) is 0 Å². The summed E-state index contributed by atoms with van der Waals surface area (Å²) >= 11 is 0. The van der Waals surface area contributed by atoms with Crippen molar-refractivity contribution in [3.63, 3.8) is 0 Å². The van der Waals surface area contributed by atoms with E-state index in [9.17, 15) is 4.79 Å². The van der Waals surface area contributed by atoms with Crippen LogP contribution < -0.4 is 5.32 Å². The minimum atomic E-state index is -0.582. The predicted molar refractivity (Wildman–Crippen MR) is 122 cm³/mol. The molecule has 0 unspecified atom stereocenters. The number of rotatable bonds is 5. The van der Waals surface area contributed by atoms with Crippen LogP contribution in [-0.2, 0) is 15.1 Å². The fourth-order valence-corrected chi connectivity index (χ4v) is 4.98. The maximum atomic E-state index is 13.6. The topological polar surface area (TPSA) is 62.1 Å². The van der Waals surface area contributed by atoms with E-state index >= 15 is 0 Å². The summed E-state index contributed by atoms with van der Waals surface area (Å²) in [4.78, 5) is 22.9. The Morgan fingerprint density at radius 3 is 2.81 bits per heavy atom. The number of amides is 1. The lowest BCUT2D eigenvalue weighted by atomic mass is 9.81. The van der Waals surface area contributed by atoms with Gasteiger partial charge >= 0.3 is 0 Å². The lowest BCUT2D eigenvalue weighted by Crippen LogP contribution is -2.62. The zero-order chi connectivity index (χ0) is 22.2. The molecule has 1 N–H and O–H groups in total. The molecule has 0 bridgehead atoms. The van der Waals surface area contributed by atoms with Crippen molar-refractivity contribution < 1.29 is 9.53 Å². The lowest BCUT2D eigenvalue weighted by Gasteiger charge is -2.45. The van der Waals surface area contributed by atoms with Crippen molar-refractivity contribution in [2.24, 2.45) is 5.41 Å². The number of aromatic nitrogens is 2. The molecule has 0 aliphatic carbocycles. The molecule has 0 radical (unpaired) electrons. The van der Waals surface area contributed by atoms with Gasteiger partial charge in [0, 0.05) is 45.6 Å². The highest BCUT2D eigenvalue weighted by Gasteiger charge is 2.39. The van der Waals surface area contributed by atoms with Crippen LogP contribution in [0.5, 0.6) is 0 Å². The maximum Gasteiger partial charge on any atom is 0.239 e. The smallest absolute Gasteiger partial charge is 0.239 e. The van der Waals surface area contributed by atoms with Crippen LogP contribution in [0.25, 0.3) is 5.52 Å². The third-order valence-electron chi connectivity index (χ3n) is 7.06. The third-order valence-corrected chi connectivity index (χ3v) is 7.06. The number of aryl methyl sites for hydroxylation is 1. The van der Waals surface area contributed by atoms with Crippen LogP contribution in [0.2, 0.25) is 0 Å². The molecule has 31 heavy (non-hydrogen) atoms. The maximum absolute atomic E-state index is 13.6. The van der Waals surface area contributed by atoms with Gasteiger partial charge in [0.15, 0.2) is 0 Å². The molecule has 1 amide bonds. The fourth-order valence-electron chi connectivity index (χ4n) is 4.98. The van der Waals surface area contributed by atoms with Gasteiger partial charge in [-0.15, -0.1) is 0 Å². The van der Waals surface area contributed by atoms with E-state index in [0.717, 1.165) is 63.6 Å². The summed E-state index contributed by atoms with van der Waals surface area (Å²) in [5, 5.41) is 3.33. The first-order valence-corrected chi connectivity index (χ1v) is 11.4. The number of carbonyl (C=O) groups is 1. The van der Waals surface area contributed by atoms with Crippen molar-refractivity contribution >= 4 is 11.4 Å². The molecule has 2 aliphatic rings. The Kier molecular flexibility index (Phi) is 6.12. The number of nitrogens with zero attached hydrogens (tertiary/aromatic N) is 4. The van der Waals surface area contributed by atoms with Crippen molar-refractivity contribution in [3.05, 3.63) is 35.9 Å². The zero-order valence-corrected chi connectivity index (χ0v) is 19.6. The number of fused-ring (bicyclic) bond motifs is 1. The van der Waals surface area contributed by atoms with Gasteiger partial charge in [-0.1, -0.05) is 13.0 Å². The molecule has 7 nitrogen and oxygen atoms in total. The van der Waals surface area contributed by atoms with Crippen molar-refractivity contribution in [1.29, 1.82) is 0 Å². The van der Waals surface area contributed by atoms with E-state index in [-0.39, 0.29) is 17.4 Å². The number of piperazine rings is 1. The summed E-state index contributed by atoms with van der Waals surface area (Å²) in [5.74, 6) is 0.934. The highest BCUT2D eigenvalue weighted by molar-refractivity contribution is 5.83. The fraction of sp³-hybridized carbons (Fsp3) is 0.667. The molecule has 170 valence electrons. The Morgan fingerprint density at radius 2 is 2.06 bits per heavy atom. The zero-order valence-electron chi connectivity index (χ0n) is 19.6. The average Bonchev–Trinajstić information content (AvgIpc) is 3.16. The van der Waals surface area contributed by atoms with E-state index in [2.05, 4.69) is 51.5 Å². The lowest BCUT2D eigenvalue weighted by molar-refractivity contribution is -0.131. The van der Waals surface area contributed by atoms with Crippen LogP contribution in [0.1, 0.15) is 45.0 Å². The first-order chi connectivity index (χ1) is 14.7. The molecule has 0 spiro atoms. The quantitative estimate of drug-likeness (QED) is 0.794. The Hall–Kier alpha value is -1.96. The summed E-state index contributed by atoms with van der Waals surface area (Å²) in [7, 11) is 2.10. The van der Waals surface area contributed by atoms with E-state index in [4.69, 9.17) is 4.74 Å². The molecule has 2 fully saturated rings. The molecule has 0 aromatic carbocycles. The van der Waals surface area contributed by atoms with Gasteiger partial charge in [-0.25, -0.2) is 4.98 Å². The SMILES string of the molecule is Cc1cccn2c(C(C)(C)NC(=O)[C@@H]3CN(C)CCN3CC3(C)CCOCC3)ncc12. The van der Waals surface area contributed by atoms with Gasteiger partial charge in [-0.2, -0.15) is 0 Å². The monoisotopic (exact) mass is 427 g/mol. The van der Waals surface area contributed by atoms with Crippen LogP contribution in [0, 0.1) is 12.3 Å². The molecular formula is C24H37N5O2. The molecular weight excluding hydrogens is 390 g/mol. The largest absolute Gasteiger partial charge is 0.381 e. The third kappa shape index (κ3) is 4.64. The van der Waals surface area contributed by atoms with Gasteiger partial charge < -0.3 is 19.4 Å². The van der Waals surface area contributed by atoms with Gasteiger partial charge in [0.05, 0.1) is 17.3 Å². The molecule has 2 saturated heterocycles. The molecule has 2 aromatic rings. The minimum absolute atomic E-state index is 0.0802. The second-order valence-corrected chi connectivity index (χ2v) is 10.3. The van der Waals surface area contributed by atoms with Gasteiger partial charge in [0.2, 0.25) is 5.91 Å². The number of hydrogen-bond acceptors (Lipinski definition) is 5. The number of carbonyl (C=O) groups excluding carboxylic acids is 1. The van der Waals surface area contributed by atoms with E-state index in [1.54, 1.807) is 0 Å². The van der Waals surface area contributed by atoms with Crippen molar-refractivity contribution in [3.8, 4) is 0 Å². The summed E-state index contributed by atoms with van der Waals surface area (Å²) < 4.78 is 7.67. The summed E-state index contributed by atoms with van der Waals surface area (Å²) in [6, 6.07) is 3.95. The standard InChI is InChI=1S/C24H37N5O2/c1-18-7-6-10-29-19(18)15-25-22(29)23(2,3)26-21(30)20-16-27(5)11-12-28(20)17-24(4)8-13-31-14-9-24/h6-7,10,15,20H,8-9,11-14,16-17H2,1-5H3,(H,26,30)/t20-/m0/s1. The average molecular weight is 428 g/mol. The van der Waals surface area contributed by atoms with E-state index in [1.165, 1.54) is 5.56 Å². The number of pyridine rings is 1. The number of likely N-dealkylation sites (N-methyl/N-ethyl adjacent to an activating group) is 1. The minimum Gasteiger partial charge on any atom is -0.381 e. The Labute approximate surface area is 185 Å². The van der Waals surface area contributed by atoms with Gasteiger partial charge in [-0.05, 0) is 57.7 Å². The Balaban J connectivity index is 1.53. The highest BCUT2D eigenvalue weighted by atomic mass is 16.5. The van der Waals surface area contributed by atoms with E-state index in [1.807, 2.05) is 32.3 Å². The number of nitrogens with one attached hydrogen (secondary N) is 1. The molecule has 2 aliphatic heterocycles. The normalized spacial score (nSPS) is 23.2. The first kappa shape index (κ1) is 22.2. The number of imidazole rings is 1. The predicted octanol–water partition coefficient (Wildman–Crippen LogP) is 2.43. The second-order valence-electron chi connectivity index (χ2n) is 10.3. The van der Waals surface area contributed by atoms with Crippen LogP contribution in [-0.4, -0.2) is 77.6 Å². The summed E-state index contributed by atoms with van der Waals surface area (Å²) in [6.45, 7) is 13.7. The molecule has 7 heteroatoms. The number of hydrogen-bond donors (Lipinski definition) is 1. The van der Waals surface area contributed by atoms with Crippen molar-refractivity contribution in [2.45, 2.75) is 52.1 Å². The molecule has 2 aromatic heterocycles. The second kappa shape index (κ2) is 8.52. The first-order valence-electron chi connectivity index (χ1n) is 11.4. The Bertz CT molecular complexity index is 931. The van der Waals surface area contributed by atoms with Crippen molar-refractivity contribution in [2.75, 3.05) is 46.4 Å². The molecule has 4 rings (SSSR count). The summed E-state index contributed by atoms with van der Waals surface area (Å²) in [6.07, 6.45) is 6.02. The van der Waals surface area contributed by atoms with Crippen LogP contribution >= 0.6 is 0 Å². The highest BCUT2D eigenvalue weighted by Crippen LogP contribution is 2.32. The van der Waals surface area contributed by atoms with Crippen LogP contribution in [0.15, 0.2) is 24.5 Å². The van der Waals surface area contributed by atoms with Crippen LogP contribution in [0.4, 0.5) is 0 Å². The van der Waals surface area contributed by atoms with Gasteiger partial charge in [0.25, 0.3) is 0 Å². The summed E-state index contributed by atoms with van der Waals surface area (Å²) in [5.41, 5.74) is 1.88. The van der Waals surface area contributed by atoms with Gasteiger partial charge in [0.1, 0.15) is 11.9 Å². The molecule has 0 saturated carbocycles. The number of ether oxygens (including phenoxy) is 1. The van der Waals surface area contributed by atoms with E-state index < -0.39 is 5.54 Å². The molecule has 4 heterocycles. The Morgan fingerprint density at radius 1 is 1.32 bits per heavy atom. The molecule has 1 atom stereocenters. The van der Waals surface area contributed by atoms with Crippen LogP contribution in [0.3, 0.4) is 0 Å². The van der Waals surface area contributed by atoms with Gasteiger partial charge in [-0.3, -0.25) is 9.69 Å². The van der Waals surface area contributed by atoms with Crippen molar-refractivity contribution in [1.82, 2.24) is 24.5 Å².